The van der Waals surface area contributed by atoms with Crippen LogP contribution >= 0.6 is 0 Å². The number of carbonyl (C=O) groups excluding carboxylic acids is 1. The molecule has 1 aliphatic heterocycles. The van der Waals surface area contributed by atoms with Gasteiger partial charge < -0.3 is 15.3 Å². The van der Waals surface area contributed by atoms with Gasteiger partial charge in [0.05, 0.1) is 11.8 Å². The lowest BCUT2D eigenvalue weighted by Crippen LogP contribution is -2.50. The quantitative estimate of drug-likeness (QED) is 0.744. The van der Waals surface area contributed by atoms with Crippen molar-refractivity contribution in [2.24, 2.45) is 5.41 Å². The number of rotatable bonds is 7. The third kappa shape index (κ3) is 3.51. The van der Waals surface area contributed by atoms with Gasteiger partial charge in [-0.25, -0.2) is 0 Å². The van der Waals surface area contributed by atoms with E-state index in [0.29, 0.717) is 12.6 Å². The first-order chi connectivity index (χ1) is 9.59. The third-order valence-electron chi connectivity index (χ3n) is 4.56. The molecule has 2 N–H and O–H groups in total. The first kappa shape index (κ1) is 15.3. The molecule has 20 heavy (non-hydrogen) atoms. The van der Waals surface area contributed by atoms with E-state index in [4.69, 9.17) is 5.11 Å². The zero-order valence-electron chi connectivity index (χ0n) is 12.4. The molecule has 0 bridgehead atoms. The number of hydrogen-bond donors (Lipinski definition) is 2. The highest BCUT2D eigenvalue weighted by molar-refractivity contribution is 5.84. The predicted molar refractivity (Wildman–Crippen MR) is 76.4 cm³/mol. The topological polar surface area (TPSA) is 69.6 Å². The highest BCUT2D eigenvalue weighted by atomic mass is 16.4. The van der Waals surface area contributed by atoms with E-state index in [1.807, 2.05) is 4.90 Å². The fourth-order valence-electron chi connectivity index (χ4n) is 3.31. The molecule has 1 saturated heterocycles. The number of carboxylic acids is 1. The molecule has 0 aromatic heterocycles. The van der Waals surface area contributed by atoms with E-state index < -0.39 is 5.97 Å². The molecule has 114 valence electrons. The molecule has 1 aliphatic carbocycles. The molecular weight excluding hydrogens is 256 g/mol. The minimum Gasteiger partial charge on any atom is -0.481 e. The van der Waals surface area contributed by atoms with Gasteiger partial charge in [0.2, 0.25) is 5.91 Å². The summed E-state index contributed by atoms with van der Waals surface area (Å²) in [5, 5.41) is 12.2. The molecule has 1 heterocycles. The van der Waals surface area contributed by atoms with Crippen LogP contribution in [0.5, 0.6) is 0 Å². The molecule has 2 rings (SSSR count). The van der Waals surface area contributed by atoms with Crippen molar-refractivity contribution in [2.45, 2.75) is 57.9 Å². The summed E-state index contributed by atoms with van der Waals surface area (Å²) in [4.78, 5) is 25.7. The van der Waals surface area contributed by atoms with Crippen LogP contribution in [0.1, 0.15) is 51.9 Å². The van der Waals surface area contributed by atoms with E-state index in [2.05, 4.69) is 12.2 Å². The van der Waals surface area contributed by atoms with Gasteiger partial charge in [-0.1, -0.05) is 13.3 Å². The second kappa shape index (κ2) is 6.57. The Balaban J connectivity index is 2.08. The molecule has 2 aliphatic rings. The Morgan fingerprint density at radius 2 is 1.95 bits per heavy atom. The van der Waals surface area contributed by atoms with Crippen LogP contribution in [0.4, 0.5) is 0 Å². The second-order valence-electron chi connectivity index (χ2n) is 6.15. The zero-order chi connectivity index (χ0) is 14.6. The molecule has 1 saturated carbocycles. The Morgan fingerprint density at radius 3 is 2.45 bits per heavy atom. The largest absolute Gasteiger partial charge is 0.481 e. The van der Waals surface area contributed by atoms with E-state index in [0.717, 1.165) is 51.6 Å². The van der Waals surface area contributed by atoms with E-state index in [-0.39, 0.29) is 17.7 Å². The van der Waals surface area contributed by atoms with Crippen LogP contribution in [0.2, 0.25) is 0 Å². The number of nitrogens with zero attached hydrogens (tertiary/aromatic N) is 1. The smallest absolute Gasteiger partial charge is 0.305 e. The van der Waals surface area contributed by atoms with Crippen LogP contribution in [0, 0.1) is 5.41 Å². The molecule has 0 atom stereocenters. The Bertz CT molecular complexity index is 355. The van der Waals surface area contributed by atoms with Gasteiger partial charge in [-0.05, 0) is 45.2 Å². The molecule has 0 aromatic carbocycles. The van der Waals surface area contributed by atoms with Gasteiger partial charge in [-0.3, -0.25) is 9.59 Å². The van der Waals surface area contributed by atoms with Crippen LogP contribution in [-0.4, -0.2) is 47.6 Å². The van der Waals surface area contributed by atoms with Crippen molar-refractivity contribution in [1.29, 1.82) is 0 Å². The normalized spacial score (nSPS) is 21.4. The maximum Gasteiger partial charge on any atom is 0.305 e. The summed E-state index contributed by atoms with van der Waals surface area (Å²) in [6, 6.07) is 0.297. The van der Waals surface area contributed by atoms with Gasteiger partial charge in [0.25, 0.3) is 0 Å². The highest BCUT2D eigenvalue weighted by Crippen LogP contribution is 2.39. The highest BCUT2D eigenvalue weighted by Gasteiger charge is 2.44. The Kier molecular flexibility index (Phi) is 5.02. The average molecular weight is 282 g/mol. The number of aliphatic carboxylic acids is 1. The zero-order valence-corrected chi connectivity index (χ0v) is 12.4. The summed E-state index contributed by atoms with van der Waals surface area (Å²) in [7, 11) is 0. The number of nitrogens with one attached hydrogen (secondary N) is 1. The van der Waals surface area contributed by atoms with Gasteiger partial charge in [-0.2, -0.15) is 0 Å². The predicted octanol–water partition coefficient (Wildman–Crippen LogP) is 1.62. The minimum absolute atomic E-state index is 0.0582. The first-order valence-corrected chi connectivity index (χ1v) is 7.82. The maximum absolute atomic E-state index is 13.0. The van der Waals surface area contributed by atoms with Crippen LogP contribution in [0.25, 0.3) is 0 Å². The van der Waals surface area contributed by atoms with Crippen molar-refractivity contribution < 1.29 is 14.7 Å². The number of carbonyl (C=O) groups is 2. The summed E-state index contributed by atoms with van der Waals surface area (Å²) in [6.45, 7) is 4.28. The number of amides is 1. The van der Waals surface area contributed by atoms with Crippen molar-refractivity contribution in [2.75, 3.05) is 19.6 Å². The van der Waals surface area contributed by atoms with E-state index in [9.17, 15) is 9.59 Å². The van der Waals surface area contributed by atoms with Crippen LogP contribution in [0.15, 0.2) is 0 Å². The minimum atomic E-state index is -0.821. The van der Waals surface area contributed by atoms with Crippen molar-refractivity contribution in [3.05, 3.63) is 0 Å². The van der Waals surface area contributed by atoms with Crippen molar-refractivity contribution in [1.82, 2.24) is 10.2 Å². The second-order valence-corrected chi connectivity index (χ2v) is 6.15. The van der Waals surface area contributed by atoms with Crippen molar-refractivity contribution >= 4 is 11.9 Å². The van der Waals surface area contributed by atoms with Gasteiger partial charge in [0.1, 0.15) is 0 Å². The molecule has 5 nitrogen and oxygen atoms in total. The lowest BCUT2D eigenvalue weighted by molar-refractivity contribution is -0.146. The SMILES string of the molecule is CCCC1(C(=O)N(CCC(=O)O)C2CC2)CCNCC1. The van der Waals surface area contributed by atoms with E-state index in [1.165, 1.54) is 0 Å². The standard InChI is InChI=1S/C15H26N2O3/c1-2-6-15(7-9-16-10-8-15)14(20)17(12-3-4-12)11-5-13(18)19/h12,16H,2-11H2,1H3,(H,18,19). The van der Waals surface area contributed by atoms with Gasteiger partial charge in [-0.15, -0.1) is 0 Å². The lowest BCUT2D eigenvalue weighted by Gasteiger charge is -2.40. The van der Waals surface area contributed by atoms with Gasteiger partial charge in [0.15, 0.2) is 0 Å². The maximum atomic E-state index is 13.0. The number of carboxylic acid groups (broad SMARTS) is 1. The first-order valence-electron chi connectivity index (χ1n) is 7.82. The van der Waals surface area contributed by atoms with Gasteiger partial charge in [0, 0.05) is 12.6 Å². The molecule has 1 amide bonds. The third-order valence-corrected chi connectivity index (χ3v) is 4.56. The Labute approximate surface area is 120 Å². The Morgan fingerprint density at radius 1 is 1.30 bits per heavy atom. The summed E-state index contributed by atoms with van der Waals surface area (Å²) < 4.78 is 0. The number of hydrogen-bond acceptors (Lipinski definition) is 3. The molecule has 2 fully saturated rings. The van der Waals surface area contributed by atoms with Gasteiger partial charge >= 0.3 is 5.97 Å². The molecule has 0 unspecified atom stereocenters. The van der Waals surface area contributed by atoms with Crippen molar-refractivity contribution in [3.8, 4) is 0 Å². The number of piperidine rings is 1. The molecular formula is C15H26N2O3. The van der Waals surface area contributed by atoms with Crippen LogP contribution in [-0.2, 0) is 9.59 Å². The van der Waals surface area contributed by atoms with Crippen molar-refractivity contribution in [3.63, 3.8) is 0 Å². The summed E-state index contributed by atoms with van der Waals surface area (Å²) in [5.41, 5.74) is -0.249. The molecule has 0 spiro atoms. The summed E-state index contributed by atoms with van der Waals surface area (Å²) in [5.74, 6) is -0.608. The van der Waals surface area contributed by atoms with Crippen LogP contribution < -0.4 is 5.32 Å². The van der Waals surface area contributed by atoms with E-state index >= 15 is 0 Å². The summed E-state index contributed by atoms with van der Waals surface area (Å²) >= 11 is 0. The Hall–Kier alpha value is -1.10. The lowest BCUT2D eigenvalue weighted by atomic mass is 9.74. The molecule has 0 radical (unpaired) electrons. The monoisotopic (exact) mass is 282 g/mol. The fraction of sp³-hybridized carbons (Fsp3) is 0.867. The summed E-state index contributed by atoms with van der Waals surface area (Å²) in [6.07, 6.45) is 5.82. The average Bonchev–Trinajstić information content (AvgIpc) is 3.24. The molecule has 5 heteroatoms. The van der Waals surface area contributed by atoms with E-state index in [1.54, 1.807) is 0 Å². The van der Waals surface area contributed by atoms with Crippen LogP contribution in [0.3, 0.4) is 0 Å². The fourth-order valence-corrected chi connectivity index (χ4v) is 3.31. The molecule has 0 aromatic rings.